The summed E-state index contributed by atoms with van der Waals surface area (Å²) in [5, 5.41) is 12.5. The first-order valence-corrected chi connectivity index (χ1v) is 9.40. The summed E-state index contributed by atoms with van der Waals surface area (Å²) in [4.78, 5) is 41.0. The van der Waals surface area contributed by atoms with Crippen LogP contribution < -0.4 is 5.32 Å². The summed E-state index contributed by atoms with van der Waals surface area (Å²) in [6.45, 7) is 10.6. The van der Waals surface area contributed by atoms with Gasteiger partial charge >= 0.3 is 11.9 Å². The molecule has 0 aromatic carbocycles. The van der Waals surface area contributed by atoms with Crippen molar-refractivity contribution in [1.29, 1.82) is 0 Å². The molecule has 1 heterocycles. The van der Waals surface area contributed by atoms with Gasteiger partial charge in [0.15, 0.2) is 11.7 Å². The Morgan fingerprint density at radius 1 is 1.18 bits per heavy atom. The molecule has 8 heteroatoms. The lowest BCUT2D eigenvalue weighted by Gasteiger charge is -2.25. The van der Waals surface area contributed by atoms with Crippen LogP contribution >= 0.6 is 0 Å². The number of hydrogen-bond acceptors (Lipinski definition) is 7. The standard InChI is InChI=1S/C20H30N2O6/c1-7-12(4)19(25)28-14(6)15(20(26)27-10-11(2)3)22-18(24)16-17(23)13(5)8-9-21-16/h8-9,11-12,14-15,23H,7,10H2,1-6H3,(H,22,24). The van der Waals surface area contributed by atoms with Gasteiger partial charge in [-0.3, -0.25) is 9.59 Å². The van der Waals surface area contributed by atoms with E-state index in [0.29, 0.717) is 12.0 Å². The first-order chi connectivity index (χ1) is 13.1. The minimum Gasteiger partial charge on any atom is -0.505 e. The molecule has 0 bridgehead atoms. The Bertz CT molecular complexity index is 704. The van der Waals surface area contributed by atoms with Crippen LogP contribution in [0.1, 0.15) is 57.1 Å². The number of aromatic hydroxyl groups is 1. The third-order valence-corrected chi connectivity index (χ3v) is 4.23. The van der Waals surface area contributed by atoms with Crippen LogP contribution in [0.2, 0.25) is 0 Å². The van der Waals surface area contributed by atoms with Crippen LogP contribution in [0.4, 0.5) is 0 Å². The van der Waals surface area contributed by atoms with Crippen molar-refractivity contribution in [3.05, 3.63) is 23.5 Å². The molecule has 0 aliphatic heterocycles. The number of esters is 2. The average molecular weight is 394 g/mol. The van der Waals surface area contributed by atoms with Crippen LogP contribution in [0.5, 0.6) is 5.75 Å². The monoisotopic (exact) mass is 394 g/mol. The van der Waals surface area contributed by atoms with Gasteiger partial charge in [-0.05, 0) is 37.8 Å². The molecule has 0 radical (unpaired) electrons. The third kappa shape index (κ3) is 6.51. The molecule has 2 N–H and O–H groups in total. The Morgan fingerprint density at radius 2 is 1.82 bits per heavy atom. The molecule has 28 heavy (non-hydrogen) atoms. The summed E-state index contributed by atoms with van der Waals surface area (Å²) in [6, 6.07) is 0.317. The zero-order chi connectivity index (χ0) is 21.4. The molecule has 0 saturated carbocycles. The molecule has 1 amide bonds. The van der Waals surface area contributed by atoms with Gasteiger partial charge in [-0.1, -0.05) is 27.7 Å². The van der Waals surface area contributed by atoms with Crippen molar-refractivity contribution in [2.75, 3.05) is 6.61 Å². The van der Waals surface area contributed by atoms with E-state index in [0.717, 1.165) is 0 Å². The summed E-state index contributed by atoms with van der Waals surface area (Å²) in [5.41, 5.74) is 0.248. The summed E-state index contributed by atoms with van der Waals surface area (Å²) in [5.74, 6) is -2.48. The number of hydrogen-bond donors (Lipinski definition) is 2. The van der Waals surface area contributed by atoms with Crippen LogP contribution in [0.15, 0.2) is 12.3 Å². The molecule has 1 aromatic heterocycles. The first kappa shape index (κ1) is 23.4. The fourth-order valence-electron chi connectivity index (χ4n) is 2.17. The molecule has 156 valence electrons. The molecule has 0 spiro atoms. The van der Waals surface area contributed by atoms with E-state index in [1.165, 1.54) is 13.1 Å². The molecule has 0 saturated heterocycles. The van der Waals surface area contributed by atoms with E-state index >= 15 is 0 Å². The largest absolute Gasteiger partial charge is 0.505 e. The summed E-state index contributed by atoms with van der Waals surface area (Å²) < 4.78 is 10.6. The minimum atomic E-state index is -1.24. The molecular formula is C20H30N2O6. The number of nitrogens with zero attached hydrogens (tertiary/aromatic N) is 1. The molecule has 3 unspecified atom stereocenters. The van der Waals surface area contributed by atoms with Gasteiger partial charge in [0, 0.05) is 6.20 Å². The predicted molar refractivity (Wildman–Crippen MR) is 103 cm³/mol. The van der Waals surface area contributed by atoms with Gasteiger partial charge < -0.3 is 19.9 Å². The number of pyridine rings is 1. The number of rotatable bonds is 9. The van der Waals surface area contributed by atoms with E-state index in [1.54, 1.807) is 19.9 Å². The van der Waals surface area contributed by atoms with Gasteiger partial charge in [0.1, 0.15) is 11.9 Å². The second-order valence-corrected chi connectivity index (χ2v) is 7.25. The highest BCUT2D eigenvalue weighted by Crippen LogP contribution is 2.19. The van der Waals surface area contributed by atoms with Crippen molar-refractivity contribution in [2.24, 2.45) is 11.8 Å². The average Bonchev–Trinajstić information content (AvgIpc) is 2.65. The highest BCUT2D eigenvalue weighted by molar-refractivity contribution is 5.97. The van der Waals surface area contributed by atoms with Crippen LogP contribution in [0, 0.1) is 18.8 Å². The number of ether oxygens (including phenoxy) is 2. The van der Waals surface area contributed by atoms with Gasteiger partial charge in [-0.2, -0.15) is 0 Å². The Labute approximate surface area is 165 Å². The SMILES string of the molecule is CCC(C)C(=O)OC(C)C(NC(=O)c1nccc(C)c1O)C(=O)OCC(C)C. The van der Waals surface area contributed by atoms with E-state index in [9.17, 15) is 19.5 Å². The van der Waals surface area contributed by atoms with Crippen molar-refractivity contribution < 1.29 is 29.0 Å². The van der Waals surface area contributed by atoms with Gasteiger partial charge in [0.2, 0.25) is 0 Å². The molecule has 8 nitrogen and oxygen atoms in total. The predicted octanol–water partition coefficient (Wildman–Crippen LogP) is 2.37. The van der Waals surface area contributed by atoms with E-state index in [2.05, 4.69) is 10.3 Å². The number of aromatic nitrogens is 1. The van der Waals surface area contributed by atoms with Crippen molar-refractivity contribution in [1.82, 2.24) is 10.3 Å². The fourth-order valence-corrected chi connectivity index (χ4v) is 2.17. The zero-order valence-corrected chi connectivity index (χ0v) is 17.3. The number of amides is 1. The second kappa shape index (κ2) is 10.6. The molecule has 0 fully saturated rings. The second-order valence-electron chi connectivity index (χ2n) is 7.25. The Kier molecular flexibility index (Phi) is 8.88. The van der Waals surface area contributed by atoms with E-state index < -0.39 is 30.0 Å². The van der Waals surface area contributed by atoms with E-state index in [-0.39, 0.29) is 29.9 Å². The maximum absolute atomic E-state index is 12.6. The number of carbonyl (C=O) groups excluding carboxylic acids is 3. The quantitative estimate of drug-likeness (QED) is 0.618. The number of nitrogens with one attached hydrogen (secondary N) is 1. The van der Waals surface area contributed by atoms with Crippen LogP contribution in [-0.4, -0.2) is 46.7 Å². The van der Waals surface area contributed by atoms with Crippen molar-refractivity contribution in [3.8, 4) is 5.75 Å². The number of carbonyl (C=O) groups is 3. The van der Waals surface area contributed by atoms with Gasteiger partial charge in [-0.25, -0.2) is 9.78 Å². The summed E-state index contributed by atoms with van der Waals surface area (Å²) >= 11 is 0. The highest BCUT2D eigenvalue weighted by atomic mass is 16.6. The number of aryl methyl sites for hydroxylation is 1. The molecule has 3 atom stereocenters. The van der Waals surface area contributed by atoms with Gasteiger partial charge in [-0.15, -0.1) is 0 Å². The van der Waals surface area contributed by atoms with E-state index in [1.807, 2.05) is 20.8 Å². The van der Waals surface area contributed by atoms with Crippen LogP contribution in [0.3, 0.4) is 0 Å². The zero-order valence-electron chi connectivity index (χ0n) is 17.3. The maximum Gasteiger partial charge on any atom is 0.332 e. The first-order valence-electron chi connectivity index (χ1n) is 9.40. The van der Waals surface area contributed by atoms with Crippen LogP contribution in [0.25, 0.3) is 0 Å². The Morgan fingerprint density at radius 3 is 2.39 bits per heavy atom. The topological polar surface area (TPSA) is 115 Å². The van der Waals surface area contributed by atoms with E-state index in [4.69, 9.17) is 9.47 Å². The smallest absolute Gasteiger partial charge is 0.332 e. The van der Waals surface area contributed by atoms with Gasteiger partial charge in [0.25, 0.3) is 5.91 Å². The lowest BCUT2D eigenvalue weighted by Crippen LogP contribution is -2.50. The maximum atomic E-state index is 12.6. The Hall–Kier alpha value is -2.64. The third-order valence-electron chi connectivity index (χ3n) is 4.23. The molecule has 1 rings (SSSR count). The highest BCUT2D eigenvalue weighted by Gasteiger charge is 2.33. The van der Waals surface area contributed by atoms with Crippen molar-refractivity contribution in [3.63, 3.8) is 0 Å². The van der Waals surface area contributed by atoms with Gasteiger partial charge in [0.05, 0.1) is 12.5 Å². The molecule has 0 aliphatic carbocycles. The Balaban J connectivity index is 3.02. The minimum absolute atomic E-state index is 0.0979. The molecule has 1 aromatic rings. The molecule has 0 aliphatic rings. The molecular weight excluding hydrogens is 364 g/mol. The fraction of sp³-hybridized carbons (Fsp3) is 0.600. The van der Waals surface area contributed by atoms with Crippen LogP contribution in [-0.2, 0) is 19.1 Å². The normalized spacial score (nSPS) is 14.1. The van der Waals surface area contributed by atoms with Crippen molar-refractivity contribution >= 4 is 17.8 Å². The lowest BCUT2D eigenvalue weighted by molar-refractivity contribution is -0.160. The summed E-state index contributed by atoms with van der Waals surface area (Å²) in [6.07, 6.45) is 1.00. The lowest BCUT2D eigenvalue weighted by atomic mass is 10.1. The van der Waals surface area contributed by atoms with Crippen molar-refractivity contribution in [2.45, 2.75) is 60.1 Å². The summed E-state index contributed by atoms with van der Waals surface area (Å²) in [7, 11) is 0.